The number of rotatable bonds is 14. The van der Waals surface area contributed by atoms with Gasteiger partial charge >= 0.3 is 0 Å². The Morgan fingerprint density at radius 3 is 1.90 bits per heavy atom. The second kappa shape index (κ2) is 21.2. The number of aromatic nitrogens is 2. The minimum Gasteiger partial charge on any atom is -0.352 e. The maximum Gasteiger partial charge on any atom is 0.252 e. The lowest BCUT2D eigenvalue weighted by atomic mass is 10.2. The first kappa shape index (κ1) is 39.4. The number of amides is 3. The van der Waals surface area contributed by atoms with Crippen LogP contribution in [0.3, 0.4) is 0 Å². The molecule has 2 aromatic carbocycles. The molecule has 3 amide bonds. The number of benzene rings is 2. The van der Waals surface area contributed by atoms with Crippen LogP contribution in [0.2, 0.25) is 0 Å². The van der Waals surface area contributed by atoms with Gasteiger partial charge < -0.3 is 20.5 Å². The maximum absolute atomic E-state index is 12.4. The molecule has 0 fully saturated rings. The van der Waals surface area contributed by atoms with Crippen molar-refractivity contribution in [3.63, 3.8) is 0 Å². The summed E-state index contributed by atoms with van der Waals surface area (Å²) in [6, 6.07) is 18.9. The molecule has 3 N–H and O–H groups in total. The Balaban J connectivity index is 0.000000445. The van der Waals surface area contributed by atoms with E-state index in [2.05, 4.69) is 34.8 Å². The number of hydrogen-bond acceptors (Lipinski definition) is 6. The van der Waals surface area contributed by atoms with Gasteiger partial charge in [0.1, 0.15) is 0 Å². The fourth-order valence-corrected chi connectivity index (χ4v) is 4.95. The van der Waals surface area contributed by atoms with Gasteiger partial charge in [0.25, 0.3) is 17.7 Å². The van der Waals surface area contributed by atoms with Crippen LogP contribution in [0.15, 0.2) is 96.4 Å². The highest BCUT2D eigenvalue weighted by molar-refractivity contribution is 7.90. The molecule has 0 unspecified atom stereocenters. The molecule has 2 heterocycles. The van der Waals surface area contributed by atoms with Crippen LogP contribution < -0.4 is 16.0 Å². The van der Waals surface area contributed by atoms with Crippen LogP contribution in [-0.2, 0) is 16.3 Å². The molecule has 0 aliphatic rings. The van der Waals surface area contributed by atoms with E-state index in [4.69, 9.17) is 0 Å². The third-order valence-corrected chi connectivity index (χ3v) is 8.07. The summed E-state index contributed by atoms with van der Waals surface area (Å²) in [7, 11) is -3.36. The van der Waals surface area contributed by atoms with Crippen LogP contribution in [0, 0.1) is 0 Å². The Kier molecular flexibility index (Phi) is 17.4. The van der Waals surface area contributed by atoms with Crippen molar-refractivity contribution in [2.45, 2.75) is 64.7 Å². The maximum atomic E-state index is 12.4. The highest BCUT2D eigenvalue weighted by atomic mass is 32.2. The fourth-order valence-electron chi connectivity index (χ4n) is 4.28. The number of nitrogens with zero attached hydrogens (tertiary/aromatic N) is 2. The Morgan fingerprint density at radius 2 is 1.31 bits per heavy atom. The summed E-state index contributed by atoms with van der Waals surface area (Å²) >= 11 is 0. The van der Waals surface area contributed by atoms with E-state index in [0.29, 0.717) is 36.2 Å². The monoisotopic (exact) mass is 675 g/mol. The van der Waals surface area contributed by atoms with Crippen molar-refractivity contribution in [3.8, 4) is 5.69 Å². The van der Waals surface area contributed by atoms with E-state index in [0.717, 1.165) is 49.7 Å². The van der Waals surface area contributed by atoms with Crippen molar-refractivity contribution in [3.05, 3.63) is 114 Å². The molecule has 0 spiro atoms. The van der Waals surface area contributed by atoms with Crippen molar-refractivity contribution in [1.29, 1.82) is 0 Å². The van der Waals surface area contributed by atoms with Crippen LogP contribution in [0.25, 0.3) is 5.69 Å². The molecule has 4 aromatic rings. The highest BCUT2D eigenvalue weighted by Gasteiger charge is 2.12. The molecule has 0 saturated carbocycles. The zero-order valence-corrected chi connectivity index (χ0v) is 29.5. The van der Waals surface area contributed by atoms with Crippen LogP contribution in [0.1, 0.15) is 90.0 Å². The van der Waals surface area contributed by atoms with Crippen molar-refractivity contribution in [2.24, 2.45) is 0 Å². The zero-order valence-electron chi connectivity index (χ0n) is 28.7. The summed E-state index contributed by atoms with van der Waals surface area (Å²) in [6.07, 6.45) is 13.0. The van der Waals surface area contributed by atoms with Crippen molar-refractivity contribution in [1.82, 2.24) is 25.5 Å². The highest BCUT2D eigenvalue weighted by Crippen LogP contribution is 2.14. The fraction of sp³-hybridized carbons (Fsp3) is 0.351. The first-order chi connectivity index (χ1) is 23.1. The predicted molar refractivity (Wildman–Crippen MR) is 191 cm³/mol. The molecule has 11 heteroatoms. The Bertz CT molecular complexity index is 1670. The molecule has 0 radical (unpaired) electrons. The van der Waals surface area contributed by atoms with Gasteiger partial charge in [-0.25, -0.2) is 8.42 Å². The van der Waals surface area contributed by atoms with Gasteiger partial charge in [0.05, 0.1) is 10.5 Å². The van der Waals surface area contributed by atoms with Crippen LogP contribution in [-0.4, -0.2) is 61.6 Å². The van der Waals surface area contributed by atoms with Crippen molar-refractivity contribution in [2.75, 3.05) is 25.9 Å². The van der Waals surface area contributed by atoms with Gasteiger partial charge in [-0.05, 0) is 85.5 Å². The molecule has 258 valence electrons. The lowest BCUT2D eigenvalue weighted by molar-refractivity contribution is 0.0944. The summed E-state index contributed by atoms with van der Waals surface area (Å²) in [4.78, 5) is 39.9. The van der Waals surface area contributed by atoms with Gasteiger partial charge in [-0.3, -0.25) is 19.4 Å². The summed E-state index contributed by atoms with van der Waals surface area (Å²) in [5, 5.41) is 8.56. The zero-order chi connectivity index (χ0) is 35.4. The Morgan fingerprint density at radius 1 is 0.729 bits per heavy atom. The van der Waals surface area contributed by atoms with Crippen LogP contribution >= 0.6 is 0 Å². The molecule has 10 nitrogen and oxygen atoms in total. The molecular weight excluding hydrogens is 627 g/mol. The SMILES string of the molecule is CC.CCCCNC(=O)c1ccc(-n2ccc(CCNC(=O)c3cccc(S(C)(=O)=O)c3)c2)cc1.CCCCNC(=O)c1cccnc1. The number of sulfone groups is 1. The van der Waals surface area contributed by atoms with Crippen LogP contribution in [0.4, 0.5) is 0 Å². The molecule has 2 aromatic heterocycles. The average Bonchev–Trinajstić information content (AvgIpc) is 3.58. The standard InChI is InChI=1S/C25H29N3O4S.C10H14N2O.C2H6/c1-3-4-14-26-24(29)20-8-10-22(11-9-20)28-16-13-19(18-28)12-15-27-25(30)21-6-5-7-23(17-21)33(2,31)32;1-2-3-7-12-10(13)9-5-4-6-11-8-9;1-2/h5-11,13,16-18H,3-4,12,14-15H2,1-2H3,(H,26,29)(H,27,30);4-6,8H,2-3,7H2,1H3,(H,12,13);1-2H3. The Hall–Kier alpha value is -4.77. The van der Waals surface area contributed by atoms with E-state index < -0.39 is 9.84 Å². The largest absolute Gasteiger partial charge is 0.352 e. The molecule has 0 bridgehead atoms. The van der Waals surface area contributed by atoms with Gasteiger partial charge in [0.15, 0.2) is 9.84 Å². The van der Waals surface area contributed by atoms with Crippen molar-refractivity contribution >= 4 is 27.6 Å². The number of carbonyl (C=O) groups excluding carboxylic acids is 3. The van der Waals surface area contributed by atoms with E-state index >= 15 is 0 Å². The topological polar surface area (TPSA) is 139 Å². The minimum absolute atomic E-state index is 0.0402. The van der Waals surface area contributed by atoms with Gasteiger partial charge in [0, 0.05) is 67.5 Å². The van der Waals surface area contributed by atoms with Gasteiger partial charge in [0.2, 0.25) is 0 Å². The van der Waals surface area contributed by atoms with E-state index in [9.17, 15) is 22.8 Å². The second-order valence-corrected chi connectivity index (χ2v) is 12.8. The quantitative estimate of drug-likeness (QED) is 0.140. The molecule has 0 atom stereocenters. The number of unbranched alkanes of at least 4 members (excludes halogenated alkanes) is 2. The number of pyridine rings is 1. The molecule has 0 aliphatic heterocycles. The van der Waals surface area contributed by atoms with E-state index in [1.54, 1.807) is 48.8 Å². The molecule has 4 rings (SSSR count). The van der Waals surface area contributed by atoms with E-state index in [1.807, 2.05) is 49.0 Å². The third kappa shape index (κ3) is 13.5. The number of nitrogens with one attached hydrogen (secondary N) is 3. The summed E-state index contributed by atoms with van der Waals surface area (Å²) < 4.78 is 25.3. The normalized spacial score (nSPS) is 10.4. The van der Waals surface area contributed by atoms with Crippen LogP contribution in [0.5, 0.6) is 0 Å². The van der Waals surface area contributed by atoms with Gasteiger partial charge in [-0.2, -0.15) is 0 Å². The minimum atomic E-state index is -3.36. The van der Waals surface area contributed by atoms with E-state index in [-0.39, 0.29) is 22.6 Å². The van der Waals surface area contributed by atoms with Crippen molar-refractivity contribution < 1.29 is 22.8 Å². The summed E-state index contributed by atoms with van der Waals surface area (Å²) in [5.74, 6) is -0.421. The smallest absolute Gasteiger partial charge is 0.252 e. The first-order valence-corrected chi connectivity index (χ1v) is 18.3. The lowest BCUT2D eigenvalue weighted by Crippen LogP contribution is -2.25. The Labute approximate surface area is 285 Å². The van der Waals surface area contributed by atoms with Gasteiger partial charge in [-0.15, -0.1) is 0 Å². The molecule has 0 aliphatic carbocycles. The molecule has 48 heavy (non-hydrogen) atoms. The number of hydrogen-bond donors (Lipinski definition) is 3. The lowest BCUT2D eigenvalue weighted by Gasteiger charge is -2.07. The molecular formula is C37H49N5O5S. The third-order valence-electron chi connectivity index (χ3n) is 6.96. The molecule has 0 saturated heterocycles. The summed E-state index contributed by atoms with van der Waals surface area (Å²) in [5.41, 5.74) is 3.55. The average molecular weight is 676 g/mol. The second-order valence-electron chi connectivity index (χ2n) is 10.7. The van der Waals surface area contributed by atoms with Gasteiger partial charge in [-0.1, -0.05) is 46.6 Å². The summed E-state index contributed by atoms with van der Waals surface area (Å²) in [6.45, 7) is 10.0. The van der Waals surface area contributed by atoms with E-state index in [1.165, 1.54) is 12.1 Å². The predicted octanol–water partition coefficient (Wildman–Crippen LogP) is 6.02. The first-order valence-electron chi connectivity index (χ1n) is 16.4. The number of carbonyl (C=O) groups is 3.